The Morgan fingerprint density at radius 1 is 1.00 bits per heavy atom. The van der Waals surface area contributed by atoms with E-state index in [1.807, 2.05) is 30.3 Å². The number of rotatable bonds is 11. The Balaban J connectivity index is 2.09. The summed E-state index contributed by atoms with van der Waals surface area (Å²) in [6.45, 7) is 2.09. The minimum Gasteiger partial charge on any atom is -0.458 e. The van der Waals surface area contributed by atoms with Crippen LogP contribution in [0.4, 0.5) is 0 Å². The molecule has 0 unspecified atom stereocenters. The first-order valence-electron chi connectivity index (χ1n) is 10.2. The number of esters is 1. The van der Waals surface area contributed by atoms with Gasteiger partial charge in [0.25, 0.3) is 10.1 Å². The molecule has 184 valence electrons. The Bertz CT molecular complexity index is 1250. The van der Waals surface area contributed by atoms with Crippen molar-refractivity contribution in [3.05, 3.63) is 77.4 Å². The zero-order valence-corrected chi connectivity index (χ0v) is 20.4. The van der Waals surface area contributed by atoms with Gasteiger partial charge in [-0.2, -0.15) is 8.42 Å². The second-order valence-corrected chi connectivity index (χ2v) is 12.0. The Labute approximate surface area is 199 Å². The lowest BCUT2D eigenvalue weighted by Gasteiger charge is -2.24. The van der Waals surface area contributed by atoms with Crippen LogP contribution in [0.1, 0.15) is 30.5 Å². The number of nitrogens with one attached hydrogen (secondary N) is 1. The van der Waals surface area contributed by atoms with Crippen LogP contribution in [0.3, 0.4) is 0 Å². The molecule has 0 aromatic heterocycles. The molecule has 0 saturated carbocycles. The van der Waals surface area contributed by atoms with Gasteiger partial charge < -0.3 is 10.1 Å². The Morgan fingerprint density at radius 3 is 2.26 bits per heavy atom. The molecule has 11 heteroatoms. The van der Waals surface area contributed by atoms with Crippen LogP contribution in [0.2, 0.25) is 0 Å². The first kappa shape index (κ1) is 27.2. The molecule has 0 heterocycles. The Kier molecular flexibility index (Phi) is 9.14. The minimum absolute atomic E-state index is 0.0981. The highest BCUT2D eigenvalue weighted by Crippen LogP contribution is 2.24. The predicted octanol–water partition coefficient (Wildman–Crippen LogP) is 2.14. The van der Waals surface area contributed by atoms with Crippen LogP contribution in [0.5, 0.6) is 0 Å². The van der Waals surface area contributed by atoms with Crippen molar-refractivity contribution < 1.29 is 35.7 Å². The highest BCUT2D eigenvalue weighted by molar-refractivity contribution is 7.92. The number of hydrogen-bond acceptors (Lipinski definition) is 7. The third kappa shape index (κ3) is 8.08. The molecule has 2 aromatic carbocycles. The molecule has 0 fully saturated rings. The van der Waals surface area contributed by atoms with E-state index >= 15 is 0 Å². The van der Waals surface area contributed by atoms with Gasteiger partial charge in [-0.25, -0.2) is 13.2 Å². The van der Waals surface area contributed by atoms with Crippen molar-refractivity contribution in [2.45, 2.75) is 31.0 Å². The van der Waals surface area contributed by atoms with Crippen LogP contribution < -0.4 is 5.32 Å². The van der Waals surface area contributed by atoms with Gasteiger partial charge >= 0.3 is 5.97 Å². The van der Waals surface area contributed by atoms with Gasteiger partial charge in [0.15, 0.2) is 9.84 Å². The summed E-state index contributed by atoms with van der Waals surface area (Å²) in [6.07, 6.45) is 2.64. The summed E-state index contributed by atoms with van der Waals surface area (Å²) in [6, 6.07) is 15.6. The van der Waals surface area contributed by atoms with Crippen molar-refractivity contribution in [1.82, 2.24) is 5.32 Å². The lowest BCUT2D eigenvalue weighted by atomic mass is 10.1. The molecule has 2 N–H and O–H groups in total. The maximum Gasteiger partial charge on any atom is 0.331 e. The third-order valence-electron chi connectivity index (χ3n) is 4.99. The SMILES string of the molecule is CC(C)(C(=O)NCCS(=O)(=O)O)S(=O)(=O)Cc1ccccc1/C=C/C(=O)OCc1ccccc1. The molecular formula is C23H27NO8S2. The van der Waals surface area contributed by atoms with Crippen LogP contribution in [0.15, 0.2) is 60.7 Å². The van der Waals surface area contributed by atoms with Crippen LogP contribution >= 0.6 is 0 Å². The van der Waals surface area contributed by atoms with Crippen molar-refractivity contribution in [1.29, 1.82) is 0 Å². The van der Waals surface area contributed by atoms with E-state index in [0.717, 1.165) is 5.56 Å². The molecule has 0 spiro atoms. The summed E-state index contributed by atoms with van der Waals surface area (Å²) < 4.78 is 59.7. The normalized spacial score (nSPS) is 12.4. The fourth-order valence-corrected chi connectivity index (χ4v) is 4.54. The molecular weight excluding hydrogens is 482 g/mol. The largest absolute Gasteiger partial charge is 0.458 e. The van der Waals surface area contributed by atoms with E-state index in [-0.39, 0.29) is 6.61 Å². The number of carbonyl (C=O) groups excluding carboxylic acids is 2. The van der Waals surface area contributed by atoms with Crippen LogP contribution in [-0.4, -0.2) is 50.3 Å². The average Bonchev–Trinajstić information content (AvgIpc) is 2.76. The number of benzene rings is 2. The molecule has 1 amide bonds. The van der Waals surface area contributed by atoms with E-state index in [9.17, 15) is 26.4 Å². The minimum atomic E-state index is -4.30. The van der Waals surface area contributed by atoms with Gasteiger partial charge in [-0.1, -0.05) is 54.6 Å². The molecule has 9 nitrogen and oxygen atoms in total. The average molecular weight is 510 g/mol. The summed E-state index contributed by atoms with van der Waals surface area (Å²) in [4.78, 5) is 24.5. The molecule has 2 aromatic rings. The van der Waals surface area contributed by atoms with Gasteiger partial charge in [-0.15, -0.1) is 0 Å². The summed E-state index contributed by atoms with van der Waals surface area (Å²) >= 11 is 0. The molecule has 0 aliphatic heterocycles. The zero-order valence-electron chi connectivity index (χ0n) is 18.8. The number of hydrogen-bond donors (Lipinski definition) is 2. The van der Waals surface area contributed by atoms with Crippen LogP contribution in [0.25, 0.3) is 6.08 Å². The lowest BCUT2D eigenvalue weighted by Crippen LogP contribution is -2.49. The van der Waals surface area contributed by atoms with E-state index in [2.05, 4.69) is 5.32 Å². The number of sulfone groups is 1. The van der Waals surface area contributed by atoms with Crippen LogP contribution in [-0.2, 0) is 46.6 Å². The van der Waals surface area contributed by atoms with Crippen LogP contribution in [0, 0.1) is 0 Å². The van der Waals surface area contributed by atoms with Crippen molar-refractivity contribution in [3.8, 4) is 0 Å². The quantitative estimate of drug-likeness (QED) is 0.266. The summed E-state index contributed by atoms with van der Waals surface area (Å²) in [5.41, 5.74) is 1.66. The molecule has 0 saturated heterocycles. The highest BCUT2D eigenvalue weighted by atomic mass is 32.2. The fraction of sp³-hybridized carbons (Fsp3) is 0.304. The number of carbonyl (C=O) groups is 2. The monoisotopic (exact) mass is 509 g/mol. The van der Waals surface area contributed by atoms with Gasteiger partial charge in [-0.3, -0.25) is 9.35 Å². The first-order chi connectivity index (χ1) is 15.8. The number of ether oxygens (including phenoxy) is 1. The van der Waals surface area contributed by atoms with Crippen molar-refractivity contribution >= 4 is 37.9 Å². The highest BCUT2D eigenvalue weighted by Gasteiger charge is 2.41. The van der Waals surface area contributed by atoms with Crippen molar-refractivity contribution in [3.63, 3.8) is 0 Å². The van der Waals surface area contributed by atoms with E-state index in [1.165, 1.54) is 26.0 Å². The molecule has 2 rings (SSSR count). The van der Waals surface area contributed by atoms with Gasteiger partial charge in [0.1, 0.15) is 11.4 Å². The lowest BCUT2D eigenvalue weighted by molar-refractivity contribution is -0.138. The smallest absolute Gasteiger partial charge is 0.331 e. The maximum absolute atomic E-state index is 13.0. The van der Waals surface area contributed by atoms with E-state index in [1.54, 1.807) is 24.3 Å². The molecule has 0 aliphatic carbocycles. The molecule has 0 aliphatic rings. The Hall–Kier alpha value is -3.02. The van der Waals surface area contributed by atoms with Crippen molar-refractivity contribution in [2.24, 2.45) is 0 Å². The van der Waals surface area contributed by atoms with Gasteiger partial charge in [0.05, 0.1) is 11.5 Å². The summed E-state index contributed by atoms with van der Waals surface area (Å²) in [5.74, 6) is -2.72. The van der Waals surface area contributed by atoms with Gasteiger partial charge in [-0.05, 0) is 36.6 Å². The maximum atomic E-state index is 13.0. The fourth-order valence-electron chi connectivity index (χ4n) is 2.80. The van der Waals surface area contributed by atoms with E-state index in [4.69, 9.17) is 9.29 Å². The zero-order chi connectivity index (χ0) is 25.4. The van der Waals surface area contributed by atoms with Gasteiger partial charge in [0.2, 0.25) is 5.91 Å². The standard InChI is InChI=1S/C23H27NO8S2/c1-23(2,22(26)24-14-15-34(29,30)31)33(27,28)17-20-11-7-6-10-19(20)12-13-21(25)32-16-18-8-4-3-5-9-18/h3-13H,14-17H2,1-2H3,(H,24,26)(H,29,30,31)/b13-12+. The van der Waals surface area contributed by atoms with E-state index in [0.29, 0.717) is 11.1 Å². The molecule has 0 bridgehead atoms. The first-order valence-corrected chi connectivity index (χ1v) is 13.5. The molecule has 0 radical (unpaired) electrons. The van der Waals surface area contributed by atoms with E-state index < -0.39 is 54.6 Å². The second-order valence-electron chi connectivity index (χ2n) is 7.94. The number of amides is 1. The summed E-state index contributed by atoms with van der Waals surface area (Å²) in [7, 11) is -8.36. The molecule has 0 atom stereocenters. The molecule has 34 heavy (non-hydrogen) atoms. The summed E-state index contributed by atoms with van der Waals surface area (Å²) in [5, 5.41) is 2.22. The third-order valence-corrected chi connectivity index (χ3v) is 8.14. The van der Waals surface area contributed by atoms with Gasteiger partial charge in [0, 0.05) is 12.6 Å². The predicted molar refractivity (Wildman–Crippen MR) is 128 cm³/mol. The Morgan fingerprint density at radius 2 is 1.62 bits per heavy atom. The van der Waals surface area contributed by atoms with Crippen molar-refractivity contribution in [2.75, 3.05) is 12.3 Å². The second kappa shape index (κ2) is 11.4. The topological polar surface area (TPSA) is 144 Å².